The summed E-state index contributed by atoms with van der Waals surface area (Å²) in [6.07, 6.45) is 2.53. The summed E-state index contributed by atoms with van der Waals surface area (Å²) in [5.41, 5.74) is -0.0159. The zero-order valence-electron chi connectivity index (χ0n) is 20.7. The van der Waals surface area contributed by atoms with E-state index in [9.17, 15) is 14.4 Å². The number of pyridine rings is 1. The van der Waals surface area contributed by atoms with Gasteiger partial charge in [0.15, 0.2) is 23.0 Å². The van der Waals surface area contributed by atoms with E-state index >= 15 is 0 Å². The van der Waals surface area contributed by atoms with Crippen molar-refractivity contribution >= 4 is 17.7 Å². The molecule has 0 spiro atoms. The van der Waals surface area contributed by atoms with E-state index in [0.29, 0.717) is 6.61 Å². The number of unbranched alkanes of at least 4 members (excludes halogenated alkanes) is 1. The largest absolute Gasteiger partial charge is 0.493 e. The maximum Gasteiger partial charge on any atom is 0.309 e. The lowest BCUT2D eigenvalue weighted by atomic mass is 10.00. The maximum absolute atomic E-state index is 12.9. The van der Waals surface area contributed by atoms with Gasteiger partial charge in [-0.05, 0) is 19.3 Å². The molecule has 9 heteroatoms. The van der Waals surface area contributed by atoms with Crippen LogP contribution in [0, 0.1) is 11.8 Å². The fourth-order valence-electron chi connectivity index (χ4n) is 3.09. The van der Waals surface area contributed by atoms with Gasteiger partial charge < -0.3 is 23.7 Å². The van der Waals surface area contributed by atoms with Crippen molar-refractivity contribution < 1.29 is 38.1 Å². The number of carbonyl (C=O) groups is 3. The van der Waals surface area contributed by atoms with Crippen molar-refractivity contribution in [2.45, 2.75) is 73.0 Å². The Kier molecular flexibility index (Phi) is 12.4. The molecule has 0 saturated heterocycles. The summed E-state index contributed by atoms with van der Waals surface area (Å²) in [7, 11) is 1.41. The van der Waals surface area contributed by atoms with Crippen molar-refractivity contribution in [3.05, 3.63) is 18.0 Å². The minimum atomic E-state index is -0.712. The number of carbonyl (C=O) groups excluding carboxylic acids is 3. The molecule has 0 bridgehead atoms. The van der Waals surface area contributed by atoms with Crippen LogP contribution in [0.4, 0.5) is 0 Å². The first-order valence-electron chi connectivity index (χ1n) is 11.3. The van der Waals surface area contributed by atoms with Gasteiger partial charge in [-0.1, -0.05) is 34.1 Å². The third-order valence-electron chi connectivity index (χ3n) is 4.96. The van der Waals surface area contributed by atoms with E-state index in [-0.39, 0.29) is 35.6 Å². The lowest BCUT2D eigenvalue weighted by molar-refractivity contribution is -0.165. The first-order valence-corrected chi connectivity index (χ1v) is 11.3. The Balaban J connectivity index is 2.87. The molecule has 0 N–H and O–H groups in total. The molecule has 1 rings (SSSR count). The summed E-state index contributed by atoms with van der Waals surface area (Å²) in [6, 6.07) is 1.52. The third kappa shape index (κ3) is 9.37. The molecule has 0 aliphatic rings. The van der Waals surface area contributed by atoms with Gasteiger partial charge in [-0.3, -0.25) is 14.4 Å². The fourth-order valence-corrected chi connectivity index (χ4v) is 3.09. The molecule has 0 saturated carbocycles. The molecule has 33 heavy (non-hydrogen) atoms. The molecule has 1 aromatic rings. The van der Waals surface area contributed by atoms with Crippen molar-refractivity contribution in [2.24, 2.45) is 11.8 Å². The van der Waals surface area contributed by atoms with Crippen LogP contribution in [0.1, 0.15) is 71.3 Å². The Morgan fingerprint density at radius 1 is 1.12 bits per heavy atom. The minimum absolute atomic E-state index is 0.0159. The average Bonchev–Trinajstić information content (AvgIpc) is 2.76. The fraction of sp³-hybridized carbons (Fsp3) is 0.667. The van der Waals surface area contributed by atoms with Gasteiger partial charge in [0.25, 0.3) is 0 Å². The zero-order chi connectivity index (χ0) is 25.0. The maximum atomic E-state index is 12.9. The quantitative estimate of drug-likeness (QED) is 0.164. The van der Waals surface area contributed by atoms with Crippen molar-refractivity contribution in [1.82, 2.24) is 4.98 Å². The summed E-state index contributed by atoms with van der Waals surface area (Å²) in [6.45, 7) is 10.9. The molecule has 3 atom stereocenters. The second-order valence-electron chi connectivity index (χ2n) is 8.19. The summed E-state index contributed by atoms with van der Waals surface area (Å²) < 4.78 is 27.0. The van der Waals surface area contributed by atoms with Gasteiger partial charge in [-0.25, -0.2) is 4.98 Å². The highest BCUT2D eigenvalue weighted by Crippen LogP contribution is 2.31. The number of ketones is 1. The van der Waals surface area contributed by atoms with Gasteiger partial charge in [0.1, 0.15) is 6.10 Å². The van der Waals surface area contributed by atoms with Crippen LogP contribution in [0.25, 0.3) is 0 Å². The van der Waals surface area contributed by atoms with Crippen LogP contribution in [0.15, 0.2) is 12.3 Å². The van der Waals surface area contributed by atoms with Crippen LogP contribution >= 0.6 is 0 Å². The molecule has 0 unspecified atom stereocenters. The predicted molar refractivity (Wildman–Crippen MR) is 121 cm³/mol. The first kappa shape index (κ1) is 28.4. The standard InChI is InChI=1S/C24H37NO8/c1-8-9-12-30-17(5)22(15(2)3)33-24(28)16(4)13-19(27)21-23(32-14-31-18(6)26)20(29-7)10-11-25-21/h10-11,15-17,22H,8-9,12-14H2,1-7H3/t16-,17+,22-/m1/s1. The number of hydrogen-bond acceptors (Lipinski definition) is 9. The molecule has 9 nitrogen and oxygen atoms in total. The van der Waals surface area contributed by atoms with E-state index in [1.54, 1.807) is 6.92 Å². The van der Waals surface area contributed by atoms with Crippen molar-refractivity contribution in [3.63, 3.8) is 0 Å². The topological polar surface area (TPSA) is 110 Å². The molecule has 0 aromatic carbocycles. The van der Waals surface area contributed by atoms with Crippen LogP contribution in [-0.4, -0.2) is 55.4 Å². The monoisotopic (exact) mass is 467 g/mol. The van der Waals surface area contributed by atoms with Gasteiger partial charge in [-0.15, -0.1) is 0 Å². The smallest absolute Gasteiger partial charge is 0.309 e. The van der Waals surface area contributed by atoms with Crippen LogP contribution in [0.2, 0.25) is 0 Å². The van der Waals surface area contributed by atoms with Gasteiger partial charge in [-0.2, -0.15) is 0 Å². The lowest BCUT2D eigenvalue weighted by Crippen LogP contribution is -2.37. The van der Waals surface area contributed by atoms with Crippen LogP contribution in [-0.2, 0) is 23.8 Å². The Morgan fingerprint density at radius 3 is 2.39 bits per heavy atom. The van der Waals surface area contributed by atoms with E-state index < -0.39 is 36.5 Å². The Labute approximate surface area is 196 Å². The van der Waals surface area contributed by atoms with E-state index in [1.807, 2.05) is 20.8 Å². The lowest BCUT2D eigenvalue weighted by Gasteiger charge is -2.28. The summed E-state index contributed by atoms with van der Waals surface area (Å²) in [5, 5.41) is 0. The van der Waals surface area contributed by atoms with Gasteiger partial charge >= 0.3 is 11.9 Å². The van der Waals surface area contributed by atoms with E-state index in [2.05, 4.69) is 11.9 Å². The van der Waals surface area contributed by atoms with Gasteiger partial charge in [0.2, 0.25) is 6.79 Å². The van der Waals surface area contributed by atoms with E-state index in [0.717, 1.165) is 12.8 Å². The highest BCUT2D eigenvalue weighted by Gasteiger charge is 2.30. The highest BCUT2D eigenvalue weighted by molar-refractivity contribution is 5.99. The number of methoxy groups -OCH3 is 1. The number of aromatic nitrogens is 1. The van der Waals surface area contributed by atoms with Gasteiger partial charge in [0.05, 0.1) is 19.1 Å². The Hall–Kier alpha value is -2.68. The number of ether oxygens (including phenoxy) is 5. The van der Waals surface area contributed by atoms with Crippen LogP contribution in [0.5, 0.6) is 11.5 Å². The minimum Gasteiger partial charge on any atom is -0.493 e. The van der Waals surface area contributed by atoms with Crippen molar-refractivity contribution in [3.8, 4) is 11.5 Å². The van der Waals surface area contributed by atoms with Gasteiger partial charge in [0, 0.05) is 32.2 Å². The molecule has 0 radical (unpaired) electrons. The SMILES string of the molecule is CCCCO[C@@H](C)[C@H](OC(=O)[C@H](C)CC(=O)c1nccc(OC)c1OCOC(C)=O)C(C)C. The average molecular weight is 468 g/mol. The number of Topliss-reactive ketones (excluding diaryl/α,β-unsaturated/α-hetero) is 1. The van der Waals surface area contributed by atoms with Crippen molar-refractivity contribution in [1.29, 1.82) is 0 Å². The second kappa shape index (κ2) is 14.5. The molecule has 0 amide bonds. The summed E-state index contributed by atoms with van der Waals surface area (Å²) in [4.78, 5) is 40.8. The number of hydrogen-bond donors (Lipinski definition) is 0. The second-order valence-corrected chi connectivity index (χ2v) is 8.19. The molecule has 1 heterocycles. The number of rotatable bonds is 15. The normalized spacial score (nSPS) is 13.7. The third-order valence-corrected chi connectivity index (χ3v) is 4.96. The van der Waals surface area contributed by atoms with Crippen molar-refractivity contribution in [2.75, 3.05) is 20.5 Å². The summed E-state index contributed by atoms with van der Waals surface area (Å²) in [5.74, 6) is -1.80. The Morgan fingerprint density at radius 2 is 1.82 bits per heavy atom. The molecular formula is C24H37NO8. The van der Waals surface area contributed by atoms with E-state index in [1.165, 1.54) is 26.3 Å². The highest BCUT2D eigenvalue weighted by atomic mass is 16.7. The molecule has 1 aromatic heterocycles. The number of nitrogens with zero attached hydrogens (tertiary/aromatic N) is 1. The van der Waals surface area contributed by atoms with Crippen LogP contribution < -0.4 is 9.47 Å². The van der Waals surface area contributed by atoms with Crippen LogP contribution in [0.3, 0.4) is 0 Å². The zero-order valence-corrected chi connectivity index (χ0v) is 20.7. The molecule has 0 aliphatic carbocycles. The Bertz CT molecular complexity index is 780. The first-order chi connectivity index (χ1) is 15.6. The molecule has 186 valence electrons. The van der Waals surface area contributed by atoms with E-state index in [4.69, 9.17) is 23.7 Å². The molecular weight excluding hydrogens is 430 g/mol. The number of esters is 2. The summed E-state index contributed by atoms with van der Waals surface area (Å²) >= 11 is 0. The molecule has 0 aliphatic heterocycles. The molecule has 0 fully saturated rings. The predicted octanol–water partition coefficient (Wildman–Crippen LogP) is 3.97.